The van der Waals surface area contributed by atoms with Gasteiger partial charge in [0.15, 0.2) is 0 Å². The van der Waals surface area contributed by atoms with Crippen molar-refractivity contribution in [3.8, 4) is 0 Å². The lowest BCUT2D eigenvalue weighted by molar-refractivity contribution is -0.140. The number of carbonyl (C=O) groups is 2. The van der Waals surface area contributed by atoms with Gasteiger partial charge in [-0.1, -0.05) is 48.5 Å². The topological polar surface area (TPSA) is 46.6 Å². The lowest BCUT2D eigenvalue weighted by atomic mass is 9.55. The Morgan fingerprint density at radius 2 is 1.23 bits per heavy atom. The molecule has 4 heteroatoms. The van der Waals surface area contributed by atoms with Crippen LogP contribution in [0.4, 0.5) is 0 Å². The Kier molecular flexibility index (Phi) is 3.50. The number of amides is 2. The maximum Gasteiger partial charge on any atom is 0.234 e. The van der Waals surface area contributed by atoms with Gasteiger partial charge in [-0.25, -0.2) is 0 Å². The van der Waals surface area contributed by atoms with Crippen LogP contribution in [0.15, 0.2) is 48.5 Å². The zero-order chi connectivity index (χ0) is 17.8. The molecule has 2 bridgehead atoms. The first-order valence-corrected chi connectivity index (χ1v) is 9.26. The third-order valence-electron chi connectivity index (χ3n) is 6.27. The number of imide groups is 1. The molecule has 0 unspecified atom stereocenters. The van der Waals surface area contributed by atoms with E-state index in [9.17, 15) is 9.59 Å². The van der Waals surface area contributed by atoms with E-state index in [1.54, 1.807) is 7.11 Å². The summed E-state index contributed by atoms with van der Waals surface area (Å²) >= 11 is 0. The zero-order valence-corrected chi connectivity index (χ0v) is 14.7. The van der Waals surface area contributed by atoms with Crippen molar-refractivity contribution in [2.45, 2.75) is 18.3 Å². The summed E-state index contributed by atoms with van der Waals surface area (Å²) in [7, 11) is 1.64. The largest absolute Gasteiger partial charge is 0.385 e. The van der Waals surface area contributed by atoms with Crippen molar-refractivity contribution in [2.24, 2.45) is 11.8 Å². The standard InChI is InChI=1S/C22H21NO3/c1-26-12-6-11-23-21(24)19-17-13-7-2-3-8-14(13)18(20(19)22(23)25)16-10-5-4-9-15(16)17/h2-5,7-10,17-20H,6,11-12H2,1H3/t17?,18?,19-,20-/m0/s1. The van der Waals surface area contributed by atoms with Crippen LogP contribution in [-0.4, -0.2) is 37.0 Å². The van der Waals surface area contributed by atoms with E-state index >= 15 is 0 Å². The molecule has 0 N–H and O–H groups in total. The molecule has 2 amide bonds. The number of likely N-dealkylation sites (tertiary alicyclic amines) is 1. The summed E-state index contributed by atoms with van der Waals surface area (Å²) in [6.45, 7) is 1.00. The summed E-state index contributed by atoms with van der Waals surface area (Å²) < 4.78 is 5.10. The molecule has 2 aromatic rings. The molecule has 0 aromatic heterocycles. The molecule has 3 aliphatic carbocycles. The Morgan fingerprint density at radius 1 is 0.808 bits per heavy atom. The van der Waals surface area contributed by atoms with Crippen LogP contribution < -0.4 is 0 Å². The smallest absolute Gasteiger partial charge is 0.234 e. The Labute approximate surface area is 152 Å². The lowest BCUT2D eigenvalue weighted by Crippen LogP contribution is -2.41. The van der Waals surface area contributed by atoms with Crippen molar-refractivity contribution in [3.63, 3.8) is 0 Å². The Balaban J connectivity index is 1.64. The highest BCUT2D eigenvalue weighted by Crippen LogP contribution is 2.60. The Bertz CT molecular complexity index is 790. The molecule has 4 nitrogen and oxygen atoms in total. The monoisotopic (exact) mass is 347 g/mol. The van der Waals surface area contributed by atoms with Gasteiger partial charge in [-0.3, -0.25) is 14.5 Å². The van der Waals surface area contributed by atoms with Gasteiger partial charge in [-0.15, -0.1) is 0 Å². The van der Waals surface area contributed by atoms with E-state index in [-0.39, 0.29) is 35.5 Å². The predicted molar refractivity (Wildman–Crippen MR) is 96.8 cm³/mol. The van der Waals surface area contributed by atoms with Crippen LogP contribution in [0, 0.1) is 11.8 Å². The van der Waals surface area contributed by atoms with Crippen LogP contribution >= 0.6 is 0 Å². The molecule has 1 fully saturated rings. The molecule has 26 heavy (non-hydrogen) atoms. The van der Waals surface area contributed by atoms with E-state index in [1.807, 2.05) is 24.3 Å². The fourth-order valence-electron chi connectivity index (χ4n) is 5.33. The first-order valence-electron chi connectivity index (χ1n) is 9.26. The van der Waals surface area contributed by atoms with E-state index in [2.05, 4.69) is 24.3 Å². The molecule has 2 atom stereocenters. The van der Waals surface area contributed by atoms with Crippen LogP contribution in [0.5, 0.6) is 0 Å². The van der Waals surface area contributed by atoms with E-state index in [1.165, 1.54) is 27.2 Å². The first-order chi connectivity index (χ1) is 12.7. The number of benzene rings is 2. The van der Waals surface area contributed by atoms with E-state index in [4.69, 9.17) is 4.74 Å². The summed E-state index contributed by atoms with van der Waals surface area (Å²) in [5.74, 6) is -0.563. The molecular weight excluding hydrogens is 326 g/mol. The van der Waals surface area contributed by atoms with Crippen LogP contribution in [-0.2, 0) is 14.3 Å². The second-order valence-electron chi connectivity index (χ2n) is 7.44. The minimum atomic E-state index is -0.264. The molecule has 1 saturated heterocycles. The van der Waals surface area contributed by atoms with Crippen molar-refractivity contribution in [1.82, 2.24) is 4.90 Å². The van der Waals surface area contributed by atoms with E-state index < -0.39 is 0 Å². The SMILES string of the molecule is COCCCN1C(=O)[C@H]2C3c4ccccc4C(c4ccccc43)[C@@H]2C1=O. The molecule has 1 heterocycles. The Hall–Kier alpha value is -2.46. The molecule has 2 aromatic carbocycles. The molecule has 1 aliphatic heterocycles. The highest BCUT2D eigenvalue weighted by Gasteiger charge is 2.61. The van der Waals surface area contributed by atoms with Crippen molar-refractivity contribution in [1.29, 1.82) is 0 Å². The van der Waals surface area contributed by atoms with Gasteiger partial charge in [0.1, 0.15) is 0 Å². The van der Waals surface area contributed by atoms with E-state index in [0.717, 1.165) is 0 Å². The van der Waals surface area contributed by atoms with E-state index in [0.29, 0.717) is 19.6 Å². The number of ether oxygens (including phenoxy) is 1. The number of methoxy groups -OCH3 is 1. The quantitative estimate of drug-likeness (QED) is 0.631. The molecule has 0 radical (unpaired) electrons. The van der Waals surface area contributed by atoms with Crippen LogP contribution in [0.3, 0.4) is 0 Å². The Morgan fingerprint density at radius 3 is 1.62 bits per heavy atom. The number of hydrogen-bond donors (Lipinski definition) is 0. The van der Waals surface area contributed by atoms with Gasteiger partial charge in [-0.05, 0) is 28.7 Å². The highest BCUT2D eigenvalue weighted by molar-refractivity contribution is 6.07. The van der Waals surface area contributed by atoms with Gasteiger partial charge < -0.3 is 4.74 Å². The second-order valence-corrected chi connectivity index (χ2v) is 7.44. The van der Waals surface area contributed by atoms with Crippen molar-refractivity contribution in [3.05, 3.63) is 70.8 Å². The van der Waals surface area contributed by atoms with Crippen molar-refractivity contribution < 1.29 is 14.3 Å². The molecule has 132 valence electrons. The predicted octanol–water partition coefficient (Wildman–Crippen LogP) is 2.92. The van der Waals surface area contributed by atoms with Crippen LogP contribution in [0.2, 0.25) is 0 Å². The third-order valence-corrected chi connectivity index (χ3v) is 6.27. The van der Waals surface area contributed by atoms with Crippen LogP contribution in [0.25, 0.3) is 0 Å². The number of hydrogen-bond acceptors (Lipinski definition) is 3. The van der Waals surface area contributed by atoms with Gasteiger partial charge in [0.25, 0.3) is 0 Å². The molecule has 0 saturated carbocycles. The molecule has 0 spiro atoms. The van der Waals surface area contributed by atoms with Gasteiger partial charge >= 0.3 is 0 Å². The third kappa shape index (κ3) is 1.93. The van der Waals surface area contributed by atoms with Gasteiger partial charge in [0.2, 0.25) is 11.8 Å². The fraction of sp³-hybridized carbons (Fsp3) is 0.364. The maximum absolute atomic E-state index is 13.2. The number of rotatable bonds is 4. The zero-order valence-electron chi connectivity index (χ0n) is 14.7. The molecule has 6 rings (SSSR count). The number of nitrogens with zero attached hydrogens (tertiary/aromatic N) is 1. The van der Waals surface area contributed by atoms with Crippen molar-refractivity contribution >= 4 is 11.8 Å². The molecule has 4 aliphatic rings. The van der Waals surface area contributed by atoms with Gasteiger partial charge in [-0.2, -0.15) is 0 Å². The minimum absolute atomic E-state index is 0.00453. The van der Waals surface area contributed by atoms with Crippen LogP contribution in [0.1, 0.15) is 40.5 Å². The van der Waals surface area contributed by atoms with Gasteiger partial charge in [0, 0.05) is 32.1 Å². The lowest BCUT2D eigenvalue weighted by Gasteiger charge is -2.45. The summed E-state index contributed by atoms with van der Waals surface area (Å²) in [4.78, 5) is 27.9. The minimum Gasteiger partial charge on any atom is -0.385 e. The summed E-state index contributed by atoms with van der Waals surface area (Å²) in [6, 6.07) is 16.7. The fourth-order valence-corrected chi connectivity index (χ4v) is 5.33. The first kappa shape index (κ1) is 15.8. The van der Waals surface area contributed by atoms with Crippen molar-refractivity contribution in [2.75, 3.05) is 20.3 Å². The summed E-state index contributed by atoms with van der Waals surface area (Å²) in [6.07, 6.45) is 0.683. The van der Waals surface area contributed by atoms with Gasteiger partial charge in [0.05, 0.1) is 11.8 Å². The highest BCUT2D eigenvalue weighted by atomic mass is 16.5. The number of carbonyl (C=O) groups excluding carboxylic acids is 2. The average Bonchev–Trinajstić information content (AvgIpc) is 2.93. The summed E-state index contributed by atoms with van der Waals surface area (Å²) in [5, 5.41) is 0. The second kappa shape index (κ2) is 5.78. The normalized spacial score (nSPS) is 28.1. The maximum atomic E-state index is 13.2. The summed E-state index contributed by atoms with van der Waals surface area (Å²) in [5.41, 5.74) is 4.88. The average molecular weight is 347 g/mol. The molecular formula is C22H21NO3.